The van der Waals surface area contributed by atoms with Gasteiger partial charge in [0.05, 0.1) is 20.8 Å². The summed E-state index contributed by atoms with van der Waals surface area (Å²) in [5.74, 6) is 0. The molecule has 0 spiro atoms. The third-order valence-electron chi connectivity index (χ3n) is 2.25. The molecule has 0 fully saturated rings. The van der Waals surface area contributed by atoms with Gasteiger partial charge in [-0.1, -0.05) is 46.9 Å². The van der Waals surface area contributed by atoms with E-state index in [9.17, 15) is 4.79 Å². The van der Waals surface area contributed by atoms with Crippen LogP contribution in [0.25, 0.3) is 11.3 Å². The Morgan fingerprint density at radius 2 is 1.82 bits per heavy atom. The summed E-state index contributed by atoms with van der Waals surface area (Å²) in [6.45, 7) is 0. The molecule has 0 aliphatic rings. The van der Waals surface area contributed by atoms with Gasteiger partial charge < -0.3 is 0 Å². The smallest absolute Gasteiger partial charge is 0.151 e. The van der Waals surface area contributed by atoms with Gasteiger partial charge in [0.1, 0.15) is 0 Å². The molecular formula is C12H6Cl3NO. The van der Waals surface area contributed by atoms with Gasteiger partial charge in [-0.25, -0.2) is 0 Å². The predicted octanol–water partition coefficient (Wildman–Crippen LogP) is 4.52. The maximum absolute atomic E-state index is 10.8. The molecule has 0 saturated heterocycles. The quantitative estimate of drug-likeness (QED) is 0.760. The zero-order valence-electron chi connectivity index (χ0n) is 8.45. The standard InChI is InChI=1S/C12H6Cl3NO/c13-9-3-1-2-8(11(9)15)12-10(14)7(6-17)4-5-16-12/h1-6H. The molecule has 0 atom stereocenters. The summed E-state index contributed by atoms with van der Waals surface area (Å²) in [6, 6.07) is 6.70. The number of hydrogen-bond donors (Lipinski definition) is 0. The Kier molecular flexibility index (Phi) is 3.67. The third kappa shape index (κ3) is 2.29. The summed E-state index contributed by atoms with van der Waals surface area (Å²) in [5.41, 5.74) is 1.42. The Hall–Kier alpha value is -1.09. The number of carbonyl (C=O) groups excluding carboxylic acids is 1. The van der Waals surface area contributed by atoms with E-state index in [-0.39, 0.29) is 5.02 Å². The Bertz CT molecular complexity index is 584. The highest BCUT2D eigenvalue weighted by Gasteiger charge is 2.13. The Labute approximate surface area is 113 Å². The third-order valence-corrected chi connectivity index (χ3v) is 3.47. The Morgan fingerprint density at radius 1 is 1.06 bits per heavy atom. The summed E-state index contributed by atoms with van der Waals surface area (Å²) in [6.07, 6.45) is 2.17. The van der Waals surface area contributed by atoms with Crippen LogP contribution >= 0.6 is 34.8 Å². The van der Waals surface area contributed by atoms with Crippen LogP contribution in [0.15, 0.2) is 30.5 Å². The summed E-state index contributed by atoms with van der Waals surface area (Å²) in [7, 11) is 0. The largest absolute Gasteiger partial charge is 0.298 e. The van der Waals surface area contributed by atoms with Crippen LogP contribution in [0.1, 0.15) is 10.4 Å². The second kappa shape index (κ2) is 5.05. The van der Waals surface area contributed by atoms with Crippen molar-refractivity contribution >= 4 is 41.1 Å². The average Bonchev–Trinajstić information content (AvgIpc) is 2.33. The molecular weight excluding hydrogens is 280 g/mol. The number of pyridine rings is 1. The molecule has 0 aliphatic heterocycles. The molecule has 2 rings (SSSR count). The summed E-state index contributed by atoms with van der Waals surface area (Å²) in [4.78, 5) is 14.9. The fraction of sp³-hybridized carbons (Fsp3) is 0. The van der Waals surface area contributed by atoms with Gasteiger partial charge in [-0.3, -0.25) is 9.78 Å². The number of aldehydes is 1. The molecule has 2 nitrogen and oxygen atoms in total. The van der Waals surface area contributed by atoms with Crippen molar-refractivity contribution in [2.24, 2.45) is 0 Å². The second-order valence-corrected chi connectivity index (χ2v) is 4.45. The van der Waals surface area contributed by atoms with Crippen LogP contribution < -0.4 is 0 Å². The van der Waals surface area contributed by atoms with Crippen LogP contribution in [0.3, 0.4) is 0 Å². The summed E-state index contributed by atoms with van der Waals surface area (Å²) < 4.78 is 0. The van der Waals surface area contributed by atoms with Crippen molar-refractivity contribution in [1.29, 1.82) is 0 Å². The summed E-state index contributed by atoms with van der Waals surface area (Å²) in [5, 5.41) is 1.05. The number of halogens is 3. The first-order chi connectivity index (χ1) is 8.15. The van der Waals surface area contributed by atoms with E-state index in [1.807, 2.05) is 0 Å². The highest BCUT2D eigenvalue weighted by atomic mass is 35.5. The molecule has 1 heterocycles. The van der Waals surface area contributed by atoms with Crippen LogP contribution in [-0.2, 0) is 0 Å². The maximum Gasteiger partial charge on any atom is 0.151 e. The molecule has 0 unspecified atom stereocenters. The topological polar surface area (TPSA) is 30.0 Å². The van der Waals surface area contributed by atoms with Crippen molar-refractivity contribution in [3.8, 4) is 11.3 Å². The first kappa shape index (κ1) is 12.4. The number of hydrogen-bond acceptors (Lipinski definition) is 2. The van der Waals surface area contributed by atoms with Crippen molar-refractivity contribution in [2.45, 2.75) is 0 Å². The first-order valence-corrected chi connectivity index (χ1v) is 5.82. The highest BCUT2D eigenvalue weighted by Crippen LogP contribution is 2.36. The molecule has 86 valence electrons. The Morgan fingerprint density at radius 3 is 2.53 bits per heavy atom. The molecule has 5 heteroatoms. The maximum atomic E-state index is 10.8. The van der Waals surface area contributed by atoms with E-state index in [2.05, 4.69) is 4.98 Å². The molecule has 0 N–H and O–H groups in total. The van der Waals surface area contributed by atoms with Crippen LogP contribution in [0.4, 0.5) is 0 Å². The van der Waals surface area contributed by atoms with E-state index < -0.39 is 0 Å². The van der Waals surface area contributed by atoms with E-state index in [1.165, 1.54) is 12.3 Å². The number of nitrogens with zero attached hydrogens (tertiary/aromatic N) is 1. The fourth-order valence-electron chi connectivity index (χ4n) is 1.42. The van der Waals surface area contributed by atoms with E-state index in [1.54, 1.807) is 18.2 Å². The molecule has 17 heavy (non-hydrogen) atoms. The lowest BCUT2D eigenvalue weighted by molar-refractivity contribution is 0.112. The monoisotopic (exact) mass is 285 g/mol. The number of rotatable bonds is 2. The fourth-order valence-corrected chi connectivity index (χ4v) is 2.07. The van der Waals surface area contributed by atoms with Gasteiger partial charge in [-0.2, -0.15) is 0 Å². The number of benzene rings is 1. The minimum Gasteiger partial charge on any atom is -0.298 e. The first-order valence-electron chi connectivity index (χ1n) is 4.69. The van der Waals surface area contributed by atoms with Gasteiger partial charge in [0.15, 0.2) is 6.29 Å². The minimum atomic E-state index is 0.270. The molecule has 0 saturated carbocycles. The van der Waals surface area contributed by atoms with E-state index in [0.717, 1.165) is 0 Å². The molecule has 0 bridgehead atoms. The van der Waals surface area contributed by atoms with Crippen LogP contribution in [0.5, 0.6) is 0 Å². The van der Waals surface area contributed by atoms with Crippen LogP contribution in [0.2, 0.25) is 15.1 Å². The normalized spacial score (nSPS) is 10.3. The average molecular weight is 287 g/mol. The van der Waals surface area contributed by atoms with Crippen molar-refractivity contribution in [3.05, 3.63) is 51.1 Å². The van der Waals surface area contributed by atoms with Crippen LogP contribution in [0, 0.1) is 0 Å². The highest BCUT2D eigenvalue weighted by molar-refractivity contribution is 6.44. The van der Waals surface area contributed by atoms with Crippen molar-refractivity contribution in [2.75, 3.05) is 0 Å². The lowest BCUT2D eigenvalue weighted by Gasteiger charge is -2.07. The lowest BCUT2D eigenvalue weighted by Crippen LogP contribution is -1.91. The number of carbonyl (C=O) groups is 1. The molecule has 1 aromatic carbocycles. The second-order valence-electron chi connectivity index (χ2n) is 3.28. The van der Waals surface area contributed by atoms with Gasteiger partial charge >= 0.3 is 0 Å². The molecule has 0 aliphatic carbocycles. The van der Waals surface area contributed by atoms with Gasteiger partial charge in [0.2, 0.25) is 0 Å². The minimum absolute atomic E-state index is 0.270. The number of aromatic nitrogens is 1. The zero-order valence-corrected chi connectivity index (χ0v) is 10.7. The van der Waals surface area contributed by atoms with Crippen LogP contribution in [-0.4, -0.2) is 11.3 Å². The van der Waals surface area contributed by atoms with Crippen molar-refractivity contribution in [1.82, 2.24) is 4.98 Å². The van der Waals surface area contributed by atoms with Gasteiger partial charge in [-0.05, 0) is 12.1 Å². The molecule has 0 amide bonds. The molecule has 1 aromatic heterocycles. The van der Waals surface area contributed by atoms with Crippen molar-refractivity contribution in [3.63, 3.8) is 0 Å². The van der Waals surface area contributed by atoms with E-state index in [0.29, 0.717) is 33.2 Å². The SMILES string of the molecule is O=Cc1ccnc(-c2cccc(Cl)c2Cl)c1Cl. The molecule has 2 aromatic rings. The zero-order chi connectivity index (χ0) is 12.4. The summed E-state index contributed by atoms with van der Waals surface area (Å²) >= 11 is 18.1. The lowest BCUT2D eigenvalue weighted by atomic mass is 10.1. The predicted molar refractivity (Wildman–Crippen MR) is 70.1 cm³/mol. The van der Waals surface area contributed by atoms with Crippen molar-refractivity contribution < 1.29 is 4.79 Å². The van der Waals surface area contributed by atoms with Gasteiger partial charge in [0.25, 0.3) is 0 Å². The van der Waals surface area contributed by atoms with E-state index in [4.69, 9.17) is 34.8 Å². The Balaban J connectivity index is 2.69. The van der Waals surface area contributed by atoms with Gasteiger partial charge in [0, 0.05) is 17.3 Å². The van der Waals surface area contributed by atoms with Gasteiger partial charge in [-0.15, -0.1) is 0 Å². The van der Waals surface area contributed by atoms with E-state index >= 15 is 0 Å². The molecule has 0 radical (unpaired) electrons.